The summed E-state index contributed by atoms with van der Waals surface area (Å²) in [6.07, 6.45) is 8.00. The number of pyridine rings is 1. The highest BCUT2D eigenvalue weighted by Gasteiger charge is 2.53. The Bertz CT molecular complexity index is 581. The van der Waals surface area contributed by atoms with Crippen LogP contribution in [0.5, 0.6) is 0 Å². The maximum atomic E-state index is 12.0. The van der Waals surface area contributed by atoms with Gasteiger partial charge in [0.15, 0.2) is 0 Å². The number of amides is 1. The molecule has 5 heteroatoms. The Labute approximate surface area is 123 Å². The number of carbonyl (C=O) groups is 1. The van der Waals surface area contributed by atoms with Crippen LogP contribution in [0.1, 0.15) is 42.5 Å². The zero-order chi connectivity index (χ0) is 14.4. The van der Waals surface area contributed by atoms with Gasteiger partial charge in [0.1, 0.15) is 0 Å². The number of hydrogen-bond acceptors (Lipinski definition) is 4. The number of hydrazone groups is 1. The van der Waals surface area contributed by atoms with Gasteiger partial charge in [0, 0.05) is 35.5 Å². The second-order valence-corrected chi connectivity index (χ2v) is 6.78. The molecule has 0 aliphatic heterocycles. The lowest BCUT2D eigenvalue weighted by Crippen LogP contribution is -2.55. The maximum Gasteiger partial charge on any atom is 0.271 e. The van der Waals surface area contributed by atoms with Gasteiger partial charge in [-0.2, -0.15) is 5.10 Å². The lowest BCUT2D eigenvalue weighted by atomic mass is 9.53. The normalized spacial score (nSPS) is 36.6. The fourth-order valence-corrected chi connectivity index (χ4v) is 4.59. The third-order valence-electron chi connectivity index (χ3n) is 5.22. The Balaban J connectivity index is 1.51. The zero-order valence-electron chi connectivity index (χ0n) is 11.8. The highest BCUT2D eigenvalue weighted by molar-refractivity contribution is 5.96. The Kier molecular flexibility index (Phi) is 2.85. The van der Waals surface area contributed by atoms with Crippen LogP contribution in [0.25, 0.3) is 0 Å². The molecule has 0 aromatic carbocycles. The SMILES string of the molecule is O=C(NN=C1C2CC3CC1CC(O)(C3)C2)c1ccncc1. The summed E-state index contributed by atoms with van der Waals surface area (Å²) >= 11 is 0. The Morgan fingerprint density at radius 3 is 2.52 bits per heavy atom. The Morgan fingerprint density at radius 1 is 1.24 bits per heavy atom. The van der Waals surface area contributed by atoms with Crippen LogP contribution in [-0.4, -0.2) is 27.3 Å². The molecular formula is C16H19N3O2. The van der Waals surface area contributed by atoms with E-state index in [1.807, 2.05) is 0 Å². The van der Waals surface area contributed by atoms with Gasteiger partial charge in [-0.05, 0) is 50.2 Å². The molecular weight excluding hydrogens is 266 g/mol. The minimum absolute atomic E-state index is 0.197. The van der Waals surface area contributed by atoms with Gasteiger partial charge in [-0.1, -0.05) is 0 Å². The lowest BCUT2D eigenvalue weighted by molar-refractivity contribution is -0.0825. The maximum absolute atomic E-state index is 12.0. The monoisotopic (exact) mass is 285 g/mol. The molecule has 4 aliphatic rings. The van der Waals surface area contributed by atoms with Crippen LogP contribution in [0.3, 0.4) is 0 Å². The molecule has 5 nitrogen and oxygen atoms in total. The summed E-state index contributed by atoms with van der Waals surface area (Å²) in [5.74, 6) is 1.14. The summed E-state index contributed by atoms with van der Waals surface area (Å²) < 4.78 is 0. The van der Waals surface area contributed by atoms with E-state index in [-0.39, 0.29) is 5.91 Å². The molecule has 4 saturated carbocycles. The molecule has 4 aliphatic carbocycles. The van der Waals surface area contributed by atoms with Crippen molar-refractivity contribution in [2.75, 3.05) is 0 Å². The molecule has 2 N–H and O–H groups in total. The summed E-state index contributed by atoms with van der Waals surface area (Å²) in [4.78, 5) is 15.9. The minimum Gasteiger partial charge on any atom is -0.390 e. The van der Waals surface area contributed by atoms with E-state index in [4.69, 9.17) is 0 Å². The molecule has 1 heterocycles. The Hall–Kier alpha value is -1.75. The molecule has 5 rings (SSSR count). The lowest BCUT2D eigenvalue weighted by Gasteiger charge is -2.54. The molecule has 2 unspecified atom stereocenters. The Morgan fingerprint density at radius 2 is 1.90 bits per heavy atom. The van der Waals surface area contributed by atoms with Crippen molar-refractivity contribution >= 4 is 11.6 Å². The fraction of sp³-hybridized carbons (Fsp3) is 0.562. The van der Waals surface area contributed by atoms with Gasteiger partial charge in [-0.25, -0.2) is 5.43 Å². The highest BCUT2D eigenvalue weighted by Crippen LogP contribution is 2.54. The molecule has 0 radical (unpaired) electrons. The first-order valence-electron chi connectivity index (χ1n) is 7.63. The molecule has 2 atom stereocenters. The number of aliphatic hydroxyl groups is 1. The van der Waals surface area contributed by atoms with Gasteiger partial charge in [0.2, 0.25) is 0 Å². The molecule has 1 aromatic rings. The van der Waals surface area contributed by atoms with E-state index < -0.39 is 5.60 Å². The van der Waals surface area contributed by atoms with Crippen molar-refractivity contribution in [3.63, 3.8) is 0 Å². The van der Waals surface area contributed by atoms with Crippen LogP contribution in [0.4, 0.5) is 0 Å². The van der Waals surface area contributed by atoms with Crippen LogP contribution >= 0.6 is 0 Å². The number of hydrogen-bond donors (Lipinski definition) is 2. The predicted molar refractivity (Wildman–Crippen MR) is 77.6 cm³/mol. The highest BCUT2D eigenvalue weighted by atomic mass is 16.3. The fourth-order valence-electron chi connectivity index (χ4n) is 4.59. The van der Waals surface area contributed by atoms with Crippen molar-refractivity contribution in [1.29, 1.82) is 0 Å². The van der Waals surface area contributed by atoms with E-state index in [0.29, 0.717) is 23.3 Å². The molecule has 110 valence electrons. The van der Waals surface area contributed by atoms with Gasteiger partial charge in [0.25, 0.3) is 5.91 Å². The van der Waals surface area contributed by atoms with E-state index in [1.165, 1.54) is 0 Å². The second kappa shape index (κ2) is 4.63. The van der Waals surface area contributed by atoms with Crippen molar-refractivity contribution < 1.29 is 9.90 Å². The van der Waals surface area contributed by atoms with Crippen molar-refractivity contribution in [3.05, 3.63) is 30.1 Å². The summed E-state index contributed by atoms with van der Waals surface area (Å²) in [5, 5.41) is 14.9. The van der Waals surface area contributed by atoms with Crippen LogP contribution in [0, 0.1) is 17.8 Å². The van der Waals surface area contributed by atoms with E-state index in [1.54, 1.807) is 24.5 Å². The van der Waals surface area contributed by atoms with E-state index in [2.05, 4.69) is 15.5 Å². The van der Waals surface area contributed by atoms with Crippen molar-refractivity contribution in [3.8, 4) is 0 Å². The first-order chi connectivity index (χ1) is 10.1. The first-order valence-corrected chi connectivity index (χ1v) is 7.63. The van der Waals surface area contributed by atoms with Crippen LogP contribution in [-0.2, 0) is 0 Å². The first kappa shape index (κ1) is 13.0. The van der Waals surface area contributed by atoms with Gasteiger partial charge in [0.05, 0.1) is 5.60 Å². The summed E-state index contributed by atoms with van der Waals surface area (Å²) in [6, 6.07) is 3.35. The topological polar surface area (TPSA) is 74.6 Å². The van der Waals surface area contributed by atoms with Gasteiger partial charge in [-0.3, -0.25) is 9.78 Å². The molecule has 4 bridgehead atoms. The van der Waals surface area contributed by atoms with Crippen molar-refractivity contribution in [2.45, 2.75) is 37.7 Å². The predicted octanol–water partition coefficient (Wildman–Crippen LogP) is 1.74. The van der Waals surface area contributed by atoms with Gasteiger partial charge in [-0.15, -0.1) is 0 Å². The smallest absolute Gasteiger partial charge is 0.271 e. The number of aromatic nitrogens is 1. The summed E-state index contributed by atoms with van der Waals surface area (Å²) in [7, 11) is 0. The summed E-state index contributed by atoms with van der Waals surface area (Å²) in [5.41, 5.74) is 3.87. The van der Waals surface area contributed by atoms with E-state index >= 15 is 0 Å². The number of nitrogens with zero attached hydrogens (tertiary/aromatic N) is 2. The number of nitrogens with one attached hydrogen (secondary N) is 1. The molecule has 21 heavy (non-hydrogen) atoms. The largest absolute Gasteiger partial charge is 0.390 e. The number of rotatable bonds is 2. The molecule has 4 fully saturated rings. The third kappa shape index (κ3) is 2.25. The van der Waals surface area contributed by atoms with Crippen LogP contribution in [0.2, 0.25) is 0 Å². The van der Waals surface area contributed by atoms with E-state index in [0.717, 1.165) is 37.8 Å². The van der Waals surface area contributed by atoms with Crippen LogP contribution in [0.15, 0.2) is 29.6 Å². The second-order valence-electron chi connectivity index (χ2n) is 6.78. The molecule has 1 amide bonds. The van der Waals surface area contributed by atoms with Gasteiger partial charge < -0.3 is 5.11 Å². The molecule has 1 aromatic heterocycles. The zero-order valence-corrected chi connectivity index (χ0v) is 11.8. The standard InChI is InChI=1S/C16H19N3O2/c20-15(11-1-3-17-4-2-11)19-18-14-12-5-10-6-13(14)9-16(21,7-10)8-12/h1-4,10,12-13,21H,5-9H2,(H,19,20). The van der Waals surface area contributed by atoms with Gasteiger partial charge >= 0.3 is 0 Å². The van der Waals surface area contributed by atoms with Crippen molar-refractivity contribution in [1.82, 2.24) is 10.4 Å². The number of carbonyl (C=O) groups excluding carboxylic acids is 1. The molecule has 0 spiro atoms. The minimum atomic E-state index is -0.468. The quantitative estimate of drug-likeness (QED) is 0.813. The average Bonchev–Trinajstić information content (AvgIpc) is 2.45. The van der Waals surface area contributed by atoms with Crippen LogP contribution < -0.4 is 5.43 Å². The molecule has 0 saturated heterocycles. The average molecular weight is 285 g/mol. The van der Waals surface area contributed by atoms with E-state index in [9.17, 15) is 9.90 Å². The van der Waals surface area contributed by atoms with Crippen molar-refractivity contribution in [2.24, 2.45) is 22.9 Å². The third-order valence-corrected chi connectivity index (χ3v) is 5.22. The summed E-state index contributed by atoms with van der Waals surface area (Å²) in [6.45, 7) is 0.